The van der Waals surface area contributed by atoms with E-state index in [0.717, 1.165) is 0 Å². The van der Waals surface area contributed by atoms with Crippen molar-refractivity contribution in [1.29, 1.82) is 0 Å². The number of carbonyl (C=O) groups is 1. The van der Waals surface area contributed by atoms with Crippen molar-refractivity contribution in [2.75, 3.05) is 0 Å². The van der Waals surface area contributed by atoms with Gasteiger partial charge in [0.2, 0.25) is 0 Å². The van der Waals surface area contributed by atoms with Crippen LogP contribution in [0.2, 0.25) is 0 Å². The van der Waals surface area contributed by atoms with Crippen molar-refractivity contribution < 1.29 is 9.53 Å². The molecule has 1 aliphatic carbocycles. The Morgan fingerprint density at radius 3 is 2.53 bits per heavy atom. The molecule has 0 spiro atoms. The molecular formula is C12H21NO2. The first-order chi connectivity index (χ1) is 7.09. The van der Waals surface area contributed by atoms with Crippen molar-refractivity contribution in [2.45, 2.75) is 52.2 Å². The van der Waals surface area contributed by atoms with Gasteiger partial charge in [-0.25, -0.2) is 4.79 Å². The van der Waals surface area contributed by atoms with E-state index in [1.807, 2.05) is 6.08 Å². The topological polar surface area (TPSA) is 52.3 Å². The lowest BCUT2D eigenvalue weighted by Gasteiger charge is -2.18. The minimum absolute atomic E-state index is 0.282. The van der Waals surface area contributed by atoms with Crippen LogP contribution in [0.3, 0.4) is 0 Å². The summed E-state index contributed by atoms with van der Waals surface area (Å²) in [5.41, 5.74) is 6.09. The third-order valence-corrected chi connectivity index (χ3v) is 2.75. The number of hydrogen-bond acceptors (Lipinski definition) is 3. The molecule has 2 N–H and O–H groups in total. The largest absolute Gasteiger partial charge is 0.444 e. The molecule has 0 aromatic rings. The van der Waals surface area contributed by atoms with Gasteiger partial charge in [0.05, 0.1) is 0 Å². The number of allylic oxidation sites excluding steroid dienone is 1. The van der Waals surface area contributed by atoms with E-state index >= 15 is 0 Å². The van der Waals surface area contributed by atoms with E-state index in [2.05, 4.69) is 0 Å². The van der Waals surface area contributed by atoms with Gasteiger partial charge in [-0.15, -0.1) is 0 Å². The molecule has 3 nitrogen and oxygen atoms in total. The molecule has 1 fully saturated rings. The van der Waals surface area contributed by atoms with Crippen LogP contribution in [0.1, 0.15) is 46.0 Å². The van der Waals surface area contributed by atoms with Gasteiger partial charge in [0.15, 0.2) is 0 Å². The molecular weight excluding hydrogens is 190 g/mol. The Bertz CT molecular complexity index is 240. The summed E-state index contributed by atoms with van der Waals surface area (Å²) in [6.07, 6.45) is 7.80. The summed E-state index contributed by atoms with van der Waals surface area (Å²) in [7, 11) is 0. The molecule has 1 saturated carbocycles. The second-order valence-corrected chi connectivity index (χ2v) is 4.36. The van der Waals surface area contributed by atoms with Crippen LogP contribution in [-0.4, -0.2) is 12.2 Å². The van der Waals surface area contributed by atoms with Gasteiger partial charge in [-0.05, 0) is 32.6 Å². The lowest BCUT2D eigenvalue weighted by atomic mass is 9.88. The molecule has 86 valence electrons. The first-order valence-electron chi connectivity index (χ1n) is 5.74. The fraction of sp³-hybridized carbons (Fsp3) is 0.750. The molecule has 3 heteroatoms. The monoisotopic (exact) mass is 211 g/mol. The van der Waals surface area contributed by atoms with Gasteiger partial charge in [-0.1, -0.05) is 25.3 Å². The van der Waals surface area contributed by atoms with E-state index in [1.165, 1.54) is 32.1 Å². The summed E-state index contributed by atoms with van der Waals surface area (Å²) >= 11 is 0. The minimum atomic E-state index is -0.521. The summed E-state index contributed by atoms with van der Waals surface area (Å²) in [4.78, 5) is 11.5. The van der Waals surface area contributed by atoms with E-state index in [9.17, 15) is 4.79 Å². The number of carbonyl (C=O) groups excluding carboxylic acids is 1. The highest BCUT2D eigenvalue weighted by molar-refractivity contribution is 5.87. The number of hydrogen-bond donors (Lipinski definition) is 1. The molecule has 0 aromatic heterocycles. The Kier molecular flexibility index (Phi) is 4.82. The average molecular weight is 211 g/mol. The zero-order chi connectivity index (χ0) is 11.3. The van der Waals surface area contributed by atoms with E-state index in [0.29, 0.717) is 11.5 Å². The Labute approximate surface area is 91.7 Å². The molecule has 0 aliphatic heterocycles. The molecule has 1 aliphatic rings. The molecule has 1 rings (SSSR count). The molecule has 0 radical (unpaired) electrons. The Morgan fingerprint density at radius 1 is 1.40 bits per heavy atom. The van der Waals surface area contributed by atoms with Gasteiger partial charge < -0.3 is 4.74 Å². The van der Waals surface area contributed by atoms with Crippen molar-refractivity contribution in [1.82, 2.24) is 0 Å². The molecule has 15 heavy (non-hydrogen) atoms. The van der Waals surface area contributed by atoms with Crippen LogP contribution in [0.4, 0.5) is 0 Å². The molecule has 0 saturated heterocycles. The highest BCUT2D eigenvalue weighted by atomic mass is 16.6. The van der Waals surface area contributed by atoms with Crippen molar-refractivity contribution >= 4 is 5.97 Å². The van der Waals surface area contributed by atoms with Gasteiger partial charge in [0, 0.05) is 5.57 Å². The Hall–Kier alpha value is -0.830. The standard InChI is InChI=1S/C12H21NO2/c1-9(12(14)15-10(2)13)8-11-6-4-3-5-7-11/h8,10-11H,3-7,13H2,1-2H3. The van der Waals surface area contributed by atoms with Crippen molar-refractivity contribution in [3.05, 3.63) is 11.6 Å². The number of rotatable bonds is 3. The van der Waals surface area contributed by atoms with E-state index in [-0.39, 0.29) is 5.97 Å². The lowest BCUT2D eigenvalue weighted by molar-refractivity contribution is -0.143. The van der Waals surface area contributed by atoms with Gasteiger partial charge in [-0.2, -0.15) is 0 Å². The fourth-order valence-electron chi connectivity index (χ4n) is 1.98. The van der Waals surface area contributed by atoms with Crippen molar-refractivity contribution in [3.8, 4) is 0 Å². The molecule has 0 amide bonds. The maximum Gasteiger partial charge on any atom is 0.334 e. The van der Waals surface area contributed by atoms with Crippen LogP contribution < -0.4 is 5.73 Å². The van der Waals surface area contributed by atoms with Crippen LogP contribution in [0.25, 0.3) is 0 Å². The number of ether oxygens (including phenoxy) is 1. The first-order valence-corrected chi connectivity index (χ1v) is 5.74. The fourth-order valence-corrected chi connectivity index (χ4v) is 1.98. The normalized spacial score (nSPS) is 21.1. The minimum Gasteiger partial charge on any atom is -0.444 e. The van der Waals surface area contributed by atoms with E-state index in [4.69, 9.17) is 10.5 Å². The van der Waals surface area contributed by atoms with Gasteiger partial charge in [0.25, 0.3) is 0 Å². The van der Waals surface area contributed by atoms with Crippen LogP contribution in [0, 0.1) is 5.92 Å². The van der Waals surface area contributed by atoms with Gasteiger partial charge in [-0.3, -0.25) is 5.73 Å². The summed E-state index contributed by atoms with van der Waals surface area (Å²) in [5.74, 6) is 0.273. The molecule has 0 heterocycles. The second kappa shape index (κ2) is 5.91. The first kappa shape index (κ1) is 12.2. The zero-order valence-corrected chi connectivity index (χ0v) is 9.66. The van der Waals surface area contributed by atoms with E-state index in [1.54, 1.807) is 13.8 Å². The van der Waals surface area contributed by atoms with Gasteiger partial charge >= 0.3 is 5.97 Å². The maximum absolute atomic E-state index is 11.5. The highest BCUT2D eigenvalue weighted by Gasteiger charge is 2.14. The van der Waals surface area contributed by atoms with Crippen LogP contribution in [0.15, 0.2) is 11.6 Å². The van der Waals surface area contributed by atoms with E-state index < -0.39 is 6.23 Å². The van der Waals surface area contributed by atoms with Crippen molar-refractivity contribution in [2.24, 2.45) is 11.7 Å². The maximum atomic E-state index is 11.5. The smallest absolute Gasteiger partial charge is 0.334 e. The SMILES string of the molecule is CC(=CC1CCCCC1)C(=O)OC(C)N. The quantitative estimate of drug-likeness (QED) is 0.443. The Balaban J connectivity index is 2.46. The predicted octanol–water partition coefficient (Wildman–Crippen LogP) is 2.36. The Morgan fingerprint density at radius 2 is 2.00 bits per heavy atom. The van der Waals surface area contributed by atoms with Crippen molar-refractivity contribution in [3.63, 3.8) is 0 Å². The third kappa shape index (κ3) is 4.47. The zero-order valence-electron chi connectivity index (χ0n) is 9.66. The second-order valence-electron chi connectivity index (χ2n) is 4.36. The van der Waals surface area contributed by atoms with Crippen LogP contribution in [-0.2, 0) is 9.53 Å². The summed E-state index contributed by atoms with van der Waals surface area (Å²) in [6, 6.07) is 0. The predicted molar refractivity (Wildman–Crippen MR) is 60.1 cm³/mol. The van der Waals surface area contributed by atoms with Gasteiger partial charge in [0.1, 0.15) is 6.23 Å². The summed E-state index contributed by atoms with van der Waals surface area (Å²) in [5, 5.41) is 0. The molecule has 1 atom stereocenters. The summed E-state index contributed by atoms with van der Waals surface area (Å²) in [6.45, 7) is 3.46. The third-order valence-electron chi connectivity index (χ3n) is 2.75. The molecule has 1 unspecified atom stereocenters. The average Bonchev–Trinajstić information content (AvgIpc) is 2.18. The number of nitrogens with two attached hydrogens (primary N) is 1. The highest BCUT2D eigenvalue weighted by Crippen LogP contribution is 2.25. The summed E-state index contributed by atoms with van der Waals surface area (Å²) < 4.78 is 4.92. The van der Waals surface area contributed by atoms with Crippen LogP contribution >= 0.6 is 0 Å². The molecule has 0 aromatic carbocycles. The number of esters is 1. The van der Waals surface area contributed by atoms with Crippen LogP contribution in [0.5, 0.6) is 0 Å². The lowest BCUT2D eigenvalue weighted by Crippen LogP contribution is -2.24. The molecule has 0 bridgehead atoms.